The van der Waals surface area contributed by atoms with E-state index < -0.39 is 16.1 Å². The third-order valence-corrected chi connectivity index (χ3v) is 6.49. The van der Waals surface area contributed by atoms with Gasteiger partial charge in [-0.2, -0.15) is 4.72 Å². The van der Waals surface area contributed by atoms with Crippen molar-refractivity contribution < 1.29 is 17.9 Å². The van der Waals surface area contributed by atoms with Crippen LogP contribution in [0.3, 0.4) is 0 Å². The highest BCUT2D eigenvalue weighted by Crippen LogP contribution is 2.17. The Hall–Kier alpha value is -2.22. The number of nitrogens with one attached hydrogen (secondary N) is 2. The molecule has 0 radical (unpaired) electrons. The molecule has 0 saturated heterocycles. The van der Waals surface area contributed by atoms with Crippen LogP contribution in [0.2, 0.25) is 0 Å². The maximum absolute atomic E-state index is 12.9. The van der Waals surface area contributed by atoms with Crippen molar-refractivity contribution in [2.45, 2.75) is 58.7 Å². The first-order valence-corrected chi connectivity index (χ1v) is 11.7. The van der Waals surface area contributed by atoms with Crippen LogP contribution in [0.1, 0.15) is 43.0 Å². The van der Waals surface area contributed by atoms with E-state index in [1.165, 1.54) is 0 Å². The van der Waals surface area contributed by atoms with Gasteiger partial charge in [0, 0.05) is 13.2 Å². The van der Waals surface area contributed by atoms with E-state index in [1.54, 1.807) is 18.2 Å². The lowest BCUT2D eigenvalue weighted by atomic mass is 10.0. The lowest BCUT2D eigenvalue weighted by Crippen LogP contribution is -2.49. The minimum Gasteiger partial charge on any atom is -0.377 e. The van der Waals surface area contributed by atoms with Crippen molar-refractivity contribution in [3.8, 4) is 0 Å². The minimum atomic E-state index is -3.82. The van der Waals surface area contributed by atoms with Gasteiger partial charge in [0.25, 0.3) is 0 Å². The number of rotatable bonds is 10. The molecule has 6 nitrogen and oxygen atoms in total. The molecule has 0 aliphatic rings. The van der Waals surface area contributed by atoms with Crippen molar-refractivity contribution in [2.24, 2.45) is 5.92 Å². The van der Waals surface area contributed by atoms with E-state index in [0.29, 0.717) is 19.8 Å². The summed E-state index contributed by atoms with van der Waals surface area (Å²) in [5.41, 5.74) is 3.84. The zero-order valence-corrected chi connectivity index (χ0v) is 19.2. The van der Waals surface area contributed by atoms with Gasteiger partial charge in [-0.25, -0.2) is 8.42 Å². The Labute approximate surface area is 180 Å². The molecule has 0 heterocycles. The lowest BCUT2D eigenvalue weighted by Gasteiger charge is -2.22. The highest BCUT2D eigenvalue weighted by molar-refractivity contribution is 7.89. The number of carbonyl (C=O) groups is 1. The van der Waals surface area contributed by atoms with E-state index >= 15 is 0 Å². The lowest BCUT2D eigenvalue weighted by molar-refractivity contribution is -0.123. The van der Waals surface area contributed by atoms with Gasteiger partial charge < -0.3 is 10.1 Å². The number of sulfonamides is 1. The summed E-state index contributed by atoms with van der Waals surface area (Å²) in [6.45, 7) is 10.7. The maximum atomic E-state index is 12.9. The van der Waals surface area contributed by atoms with Crippen LogP contribution >= 0.6 is 0 Å². The summed E-state index contributed by atoms with van der Waals surface area (Å²) in [6.07, 6.45) is 0. The number of hydrogen-bond acceptors (Lipinski definition) is 4. The molecule has 0 aromatic heterocycles. The summed E-state index contributed by atoms with van der Waals surface area (Å²) in [4.78, 5) is 13.0. The average molecular weight is 433 g/mol. The van der Waals surface area contributed by atoms with E-state index in [4.69, 9.17) is 4.74 Å². The molecule has 2 rings (SSSR count). The third kappa shape index (κ3) is 6.39. The topological polar surface area (TPSA) is 84.5 Å². The fraction of sp³-hybridized carbons (Fsp3) is 0.435. The molecule has 1 atom stereocenters. The van der Waals surface area contributed by atoms with Crippen LogP contribution < -0.4 is 10.0 Å². The normalized spacial score (nSPS) is 12.7. The first-order chi connectivity index (χ1) is 14.2. The summed E-state index contributed by atoms with van der Waals surface area (Å²) < 4.78 is 33.8. The zero-order chi connectivity index (χ0) is 22.3. The second kappa shape index (κ2) is 10.7. The zero-order valence-electron chi connectivity index (χ0n) is 18.4. The Bertz CT molecular complexity index is 971. The predicted molar refractivity (Wildman–Crippen MR) is 118 cm³/mol. The van der Waals surface area contributed by atoms with Crippen LogP contribution in [-0.2, 0) is 32.7 Å². The molecule has 2 aromatic carbocycles. The Kier molecular flexibility index (Phi) is 8.58. The molecule has 0 saturated carbocycles. The Morgan fingerprint density at radius 2 is 1.70 bits per heavy atom. The van der Waals surface area contributed by atoms with Crippen molar-refractivity contribution in [2.75, 3.05) is 6.61 Å². The van der Waals surface area contributed by atoms with Gasteiger partial charge >= 0.3 is 0 Å². The van der Waals surface area contributed by atoms with Crippen LogP contribution in [0.4, 0.5) is 0 Å². The number of benzene rings is 2. The van der Waals surface area contributed by atoms with Gasteiger partial charge in [0.2, 0.25) is 15.9 Å². The van der Waals surface area contributed by atoms with Crippen molar-refractivity contribution in [3.05, 3.63) is 64.7 Å². The summed E-state index contributed by atoms with van der Waals surface area (Å²) in [7, 11) is -3.82. The van der Waals surface area contributed by atoms with E-state index in [2.05, 4.69) is 10.0 Å². The highest BCUT2D eigenvalue weighted by atomic mass is 32.2. The minimum absolute atomic E-state index is 0.158. The van der Waals surface area contributed by atoms with E-state index in [0.717, 1.165) is 22.3 Å². The number of carbonyl (C=O) groups excluding carboxylic acids is 1. The van der Waals surface area contributed by atoms with Crippen LogP contribution in [0, 0.1) is 19.8 Å². The summed E-state index contributed by atoms with van der Waals surface area (Å²) >= 11 is 0. The molecule has 0 bridgehead atoms. The van der Waals surface area contributed by atoms with Crippen molar-refractivity contribution in [1.82, 2.24) is 10.0 Å². The monoisotopic (exact) mass is 432 g/mol. The van der Waals surface area contributed by atoms with Gasteiger partial charge in [0.15, 0.2) is 0 Å². The Balaban J connectivity index is 2.13. The predicted octanol–water partition coefficient (Wildman–Crippen LogP) is 3.46. The van der Waals surface area contributed by atoms with Gasteiger partial charge in [-0.05, 0) is 61.1 Å². The second-order valence-electron chi connectivity index (χ2n) is 7.71. The molecule has 2 aromatic rings. The maximum Gasteiger partial charge on any atom is 0.241 e. The SMILES string of the molecule is CCOCc1ccccc1CNC(=O)C(NS(=O)(=O)c1ccc(C)c(C)c1)C(C)C. The number of ether oxygens (including phenoxy) is 1. The first kappa shape index (κ1) is 24.1. The van der Waals surface area contributed by atoms with Crippen LogP contribution in [0.25, 0.3) is 0 Å². The molecule has 0 fully saturated rings. The van der Waals surface area contributed by atoms with Gasteiger partial charge in [-0.1, -0.05) is 44.2 Å². The summed E-state index contributed by atoms with van der Waals surface area (Å²) in [5, 5.41) is 2.87. The highest BCUT2D eigenvalue weighted by Gasteiger charge is 2.28. The smallest absolute Gasteiger partial charge is 0.241 e. The molecule has 0 aliphatic carbocycles. The molecule has 0 spiro atoms. The molecule has 0 aliphatic heterocycles. The van der Waals surface area contributed by atoms with E-state index in [9.17, 15) is 13.2 Å². The molecule has 1 amide bonds. The van der Waals surface area contributed by atoms with Crippen LogP contribution in [0.15, 0.2) is 47.4 Å². The van der Waals surface area contributed by atoms with Crippen molar-refractivity contribution >= 4 is 15.9 Å². The molecule has 2 N–H and O–H groups in total. The second-order valence-corrected chi connectivity index (χ2v) is 9.43. The van der Waals surface area contributed by atoms with Gasteiger partial charge in [-0.15, -0.1) is 0 Å². The van der Waals surface area contributed by atoms with E-state index in [1.807, 2.05) is 58.9 Å². The average Bonchev–Trinajstić information content (AvgIpc) is 2.71. The molecule has 164 valence electrons. The number of amides is 1. The number of hydrogen-bond donors (Lipinski definition) is 2. The molecular weight excluding hydrogens is 400 g/mol. The number of aryl methyl sites for hydroxylation is 2. The molecule has 1 unspecified atom stereocenters. The largest absolute Gasteiger partial charge is 0.377 e. The standard InChI is InChI=1S/C23H32N2O4S/c1-6-29-15-20-10-8-7-9-19(20)14-24-23(26)22(16(2)3)25-30(27,28)21-12-11-17(4)18(5)13-21/h7-13,16,22,25H,6,14-15H2,1-5H3,(H,24,26). The van der Waals surface area contributed by atoms with Gasteiger partial charge in [-0.3, -0.25) is 4.79 Å². The van der Waals surface area contributed by atoms with Crippen molar-refractivity contribution in [3.63, 3.8) is 0 Å². The van der Waals surface area contributed by atoms with Gasteiger partial charge in [0.1, 0.15) is 6.04 Å². The quantitative estimate of drug-likeness (QED) is 0.602. The molecular formula is C23H32N2O4S. The Morgan fingerprint density at radius 1 is 1.03 bits per heavy atom. The third-order valence-electron chi connectivity index (χ3n) is 5.05. The van der Waals surface area contributed by atoms with E-state index in [-0.39, 0.29) is 16.7 Å². The first-order valence-electron chi connectivity index (χ1n) is 10.2. The Morgan fingerprint density at radius 3 is 2.30 bits per heavy atom. The van der Waals surface area contributed by atoms with Gasteiger partial charge in [0.05, 0.1) is 11.5 Å². The molecule has 7 heteroatoms. The van der Waals surface area contributed by atoms with Crippen molar-refractivity contribution in [1.29, 1.82) is 0 Å². The fourth-order valence-corrected chi connectivity index (χ4v) is 4.41. The van der Waals surface area contributed by atoms with Crippen LogP contribution in [-0.4, -0.2) is 27.0 Å². The molecule has 30 heavy (non-hydrogen) atoms. The fourth-order valence-electron chi connectivity index (χ4n) is 2.98. The van der Waals surface area contributed by atoms with Crippen LogP contribution in [0.5, 0.6) is 0 Å². The summed E-state index contributed by atoms with van der Waals surface area (Å²) in [5.74, 6) is -0.575. The summed E-state index contributed by atoms with van der Waals surface area (Å²) in [6, 6.07) is 11.8.